The summed E-state index contributed by atoms with van der Waals surface area (Å²) in [5.74, 6) is -0.0441. The van der Waals surface area contributed by atoms with Gasteiger partial charge in [0, 0.05) is 18.7 Å². The number of fused-ring (bicyclic) bond motifs is 1. The molecule has 138 valence electrons. The van der Waals surface area contributed by atoms with Gasteiger partial charge in [0.25, 0.3) is 11.5 Å². The van der Waals surface area contributed by atoms with Gasteiger partial charge in [0.1, 0.15) is 5.75 Å². The molecule has 3 rings (SSSR count). The largest absolute Gasteiger partial charge is 0.508 e. The molecule has 0 atom stereocenters. The van der Waals surface area contributed by atoms with Crippen LogP contribution in [0.3, 0.4) is 0 Å². The quantitative estimate of drug-likeness (QED) is 0.453. The van der Waals surface area contributed by atoms with Crippen molar-refractivity contribution >= 4 is 29.0 Å². The van der Waals surface area contributed by atoms with E-state index in [0.29, 0.717) is 36.0 Å². The van der Waals surface area contributed by atoms with Gasteiger partial charge in [0.2, 0.25) is 0 Å². The second-order valence-corrected chi connectivity index (χ2v) is 6.46. The minimum absolute atomic E-state index is 0.200. The minimum Gasteiger partial charge on any atom is -0.508 e. The molecule has 0 fully saturated rings. The Labute approximate surface area is 160 Å². The summed E-state index contributed by atoms with van der Waals surface area (Å²) in [5.41, 5.74) is 1.67. The molecule has 0 bridgehead atoms. The van der Waals surface area contributed by atoms with Crippen LogP contribution in [0.15, 0.2) is 59.9 Å². The first-order chi connectivity index (χ1) is 13.0. The van der Waals surface area contributed by atoms with E-state index >= 15 is 0 Å². The van der Waals surface area contributed by atoms with Crippen molar-refractivity contribution in [3.05, 3.63) is 81.4 Å². The average molecular weight is 381 g/mol. The highest BCUT2D eigenvalue weighted by Gasteiger charge is 2.10. The molecular formula is C20H19N3O3S. The number of aromatic nitrogens is 2. The van der Waals surface area contributed by atoms with E-state index in [-0.39, 0.29) is 22.0 Å². The van der Waals surface area contributed by atoms with E-state index in [1.54, 1.807) is 42.5 Å². The van der Waals surface area contributed by atoms with Crippen molar-refractivity contribution in [3.8, 4) is 5.75 Å². The predicted molar refractivity (Wildman–Crippen MR) is 108 cm³/mol. The topological polar surface area (TPSA) is 87.1 Å². The molecule has 1 heterocycles. The lowest BCUT2D eigenvalue weighted by atomic mass is 10.1. The van der Waals surface area contributed by atoms with Crippen LogP contribution in [0, 0.1) is 4.77 Å². The molecule has 6 nitrogen and oxygen atoms in total. The van der Waals surface area contributed by atoms with Crippen molar-refractivity contribution in [3.63, 3.8) is 0 Å². The number of allylic oxidation sites excluding steroid dienone is 1. The molecule has 27 heavy (non-hydrogen) atoms. The van der Waals surface area contributed by atoms with Gasteiger partial charge in [-0.15, -0.1) is 6.58 Å². The fraction of sp³-hybridized carbons (Fsp3) is 0.150. The van der Waals surface area contributed by atoms with E-state index in [1.165, 1.54) is 4.57 Å². The van der Waals surface area contributed by atoms with Crippen LogP contribution in [0.25, 0.3) is 10.9 Å². The van der Waals surface area contributed by atoms with Crippen LogP contribution >= 0.6 is 12.2 Å². The zero-order valence-electron chi connectivity index (χ0n) is 14.6. The number of benzene rings is 2. The minimum atomic E-state index is -0.244. The lowest BCUT2D eigenvalue weighted by Crippen LogP contribution is -2.26. The first-order valence-electron chi connectivity index (χ1n) is 8.43. The van der Waals surface area contributed by atoms with Crippen LogP contribution in [-0.4, -0.2) is 27.1 Å². The Morgan fingerprint density at radius 3 is 2.85 bits per heavy atom. The number of aromatic amines is 1. The summed E-state index contributed by atoms with van der Waals surface area (Å²) in [6, 6.07) is 11.8. The highest BCUT2D eigenvalue weighted by atomic mass is 32.1. The molecular weight excluding hydrogens is 362 g/mol. The summed E-state index contributed by atoms with van der Waals surface area (Å²) in [6.07, 6.45) is 2.20. The van der Waals surface area contributed by atoms with Gasteiger partial charge in [-0.3, -0.25) is 14.2 Å². The summed E-state index contributed by atoms with van der Waals surface area (Å²) in [5, 5.41) is 12.8. The van der Waals surface area contributed by atoms with Crippen LogP contribution in [0.5, 0.6) is 5.75 Å². The van der Waals surface area contributed by atoms with Crippen LogP contribution in [0.1, 0.15) is 15.9 Å². The Hall–Kier alpha value is -3.19. The van der Waals surface area contributed by atoms with Gasteiger partial charge in [0.05, 0.1) is 10.9 Å². The number of amides is 1. The molecule has 1 amide bonds. The zero-order chi connectivity index (χ0) is 19.4. The van der Waals surface area contributed by atoms with Crippen LogP contribution in [0.4, 0.5) is 0 Å². The second-order valence-electron chi connectivity index (χ2n) is 6.07. The van der Waals surface area contributed by atoms with Gasteiger partial charge in [-0.2, -0.15) is 0 Å². The third-order valence-corrected chi connectivity index (χ3v) is 4.49. The average Bonchev–Trinajstić information content (AvgIpc) is 2.64. The number of nitrogens with zero attached hydrogens (tertiary/aromatic N) is 1. The SMILES string of the molecule is C=CCn1c(=S)[nH]c2cc(C(=O)NCCc3cccc(O)c3)ccc2c1=O. The van der Waals surface area contributed by atoms with E-state index in [4.69, 9.17) is 12.2 Å². The van der Waals surface area contributed by atoms with Crippen molar-refractivity contribution in [2.24, 2.45) is 0 Å². The fourth-order valence-corrected chi connectivity index (χ4v) is 3.09. The lowest BCUT2D eigenvalue weighted by Gasteiger charge is -2.08. The monoisotopic (exact) mass is 381 g/mol. The summed E-state index contributed by atoms with van der Waals surface area (Å²) in [6.45, 7) is 4.37. The van der Waals surface area contributed by atoms with Crippen molar-refractivity contribution in [1.82, 2.24) is 14.9 Å². The van der Waals surface area contributed by atoms with Crippen LogP contribution < -0.4 is 10.9 Å². The highest BCUT2D eigenvalue weighted by molar-refractivity contribution is 7.71. The molecule has 0 aliphatic carbocycles. The number of aromatic hydroxyl groups is 1. The van der Waals surface area contributed by atoms with E-state index < -0.39 is 0 Å². The first kappa shape index (κ1) is 18.6. The van der Waals surface area contributed by atoms with Crippen LogP contribution in [-0.2, 0) is 13.0 Å². The highest BCUT2D eigenvalue weighted by Crippen LogP contribution is 2.12. The van der Waals surface area contributed by atoms with Crippen molar-refractivity contribution in [2.45, 2.75) is 13.0 Å². The predicted octanol–water partition coefficient (Wildman–Crippen LogP) is 2.92. The third kappa shape index (κ3) is 4.15. The number of carbonyl (C=O) groups excluding carboxylic acids is 1. The number of hydrogen-bond donors (Lipinski definition) is 3. The van der Waals surface area contributed by atoms with E-state index in [0.717, 1.165) is 5.56 Å². The van der Waals surface area contributed by atoms with E-state index in [2.05, 4.69) is 16.9 Å². The maximum Gasteiger partial charge on any atom is 0.262 e. The summed E-state index contributed by atoms with van der Waals surface area (Å²) < 4.78 is 1.70. The van der Waals surface area contributed by atoms with Crippen molar-refractivity contribution < 1.29 is 9.90 Å². The Balaban J connectivity index is 1.77. The Morgan fingerprint density at radius 2 is 2.11 bits per heavy atom. The molecule has 0 aliphatic rings. The molecule has 0 spiro atoms. The van der Waals surface area contributed by atoms with Gasteiger partial charge < -0.3 is 15.4 Å². The van der Waals surface area contributed by atoms with Gasteiger partial charge >= 0.3 is 0 Å². The molecule has 2 aromatic carbocycles. The first-order valence-corrected chi connectivity index (χ1v) is 8.84. The number of carbonyl (C=O) groups is 1. The molecule has 3 N–H and O–H groups in total. The zero-order valence-corrected chi connectivity index (χ0v) is 15.4. The molecule has 1 aromatic heterocycles. The summed E-state index contributed by atoms with van der Waals surface area (Å²) in [4.78, 5) is 27.9. The normalized spacial score (nSPS) is 10.7. The number of rotatable bonds is 6. The molecule has 0 aliphatic heterocycles. The van der Waals surface area contributed by atoms with Crippen molar-refractivity contribution in [1.29, 1.82) is 0 Å². The molecule has 0 radical (unpaired) electrons. The molecule has 0 unspecified atom stereocenters. The fourth-order valence-electron chi connectivity index (χ4n) is 2.83. The van der Waals surface area contributed by atoms with Gasteiger partial charge in [0.15, 0.2) is 4.77 Å². The van der Waals surface area contributed by atoms with Gasteiger partial charge in [-0.05, 0) is 54.5 Å². The number of phenols is 1. The Kier molecular flexibility index (Phi) is 5.52. The van der Waals surface area contributed by atoms with Gasteiger partial charge in [-0.25, -0.2) is 0 Å². The number of hydrogen-bond acceptors (Lipinski definition) is 4. The summed E-state index contributed by atoms with van der Waals surface area (Å²) in [7, 11) is 0. The standard InChI is InChI=1S/C20H19N3O3S/c1-2-10-23-19(26)16-7-6-14(12-17(16)22-20(23)27)18(25)21-9-8-13-4-3-5-15(24)11-13/h2-7,11-12,24H,1,8-10H2,(H,21,25)(H,22,27). The van der Waals surface area contributed by atoms with E-state index in [1.807, 2.05) is 6.07 Å². The molecule has 3 aromatic rings. The molecule has 7 heteroatoms. The maximum absolute atomic E-state index is 12.5. The second kappa shape index (κ2) is 8.01. The number of H-pyrrole nitrogens is 1. The Bertz CT molecular complexity index is 1130. The Morgan fingerprint density at radius 1 is 1.30 bits per heavy atom. The van der Waals surface area contributed by atoms with Crippen LogP contribution in [0.2, 0.25) is 0 Å². The molecule has 0 saturated carbocycles. The third-order valence-electron chi connectivity index (χ3n) is 4.17. The smallest absolute Gasteiger partial charge is 0.262 e. The number of phenolic OH excluding ortho intramolecular Hbond substituents is 1. The molecule has 0 saturated heterocycles. The van der Waals surface area contributed by atoms with Crippen molar-refractivity contribution in [2.75, 3.05) is 6.54 Å². The summed E-state index contributed by atoms with van der Waals surface area (Å²) >= 11 is 5.21. The number of nitrogens with one attached hydrogen (secondary N) is 2. The maximum atomic E-state index is 12.5. The lowest BCUT2D eigenvalue weighted by molar-refractivity contribution is 0.0954. The van der Waals surface area contributed by atoms with Gasteiger partial charge in [-0.1, -0.05) is 18.2 Å². The van der Waals surface area contributed by atoms with E-state index in [9.17, 15) is 14.7 Å².